The Morgan fingerprint density at radius 2 is 1.30 bits per heavy atom. The Kier molecular flexibility index (Phi) is 4.35. The highest BCUT2D eigenvalue weighted by atomic mass is 16.1. The summed E-state index contributed by atoms with van der Waals surface area (Å²) in [5.41, 5.74) is 0.504. The number of rotatable bonds is 5. The number of aliphatic imine (C=N–C) groups is 2. The van der Waals surface area contributed by atoms with Crippen molar-refractivity contribution in [1.82, 2.24) is 0 Å². The van der Waals surface area contributed by atoms with E-state index in [1.165, 1.54) is 6.08 Å². The van der Waals surface area contributed by atoms with Crippen molar-refractivity contribution in [3.8, 4) is 0 Å². The molecule has 0 bridgehead atoms. The zero-order chi connectivity index (χ0) is 14.3. The van der Waals surface area contributed by atoms with E-state index in [-0.39, 0.29) is 6.54 Å². The van der Waals surface area contributed by atoms with E-state index in [0.717, 1.165) is 11.1 Å². The second-order valence-corrected chi connectivity index (χ2v) is 4.20. The average molecular weight is 264 g/mol. The summed E-state index contributed by atoms with van der Waals surface area (Å²) in [6, 6.07) is 18.5. The molecule has 0 atom stereocenters. The van der Waals surface area contributed by atoms with Gasteiger partial charge in [0.2, 0.25) is 12.2 Å². The van der Waals surface area contributed by atoms with Gasteiger partial charge >= 0.3 is 0 Å². The third kappa shape index (κ3) is 2.62. The maximum absolute atomic E-state index is 10.9. The maximum atomic E-state index is 10.9. The van der Waals surface area contributed by atoms with E-state index in [2.05, 4.69) is 9.98 Å². The van der Waals surface area contributed by atoms with Gasteiger partial charge in [-0.25, -0.2) is 14.6 Å². The lowest BCUT2D eigenvalue weighted by Gasteiger charge is -2.27. The van der Waals surface area contributed by atoms with E-state index in [9.17, 15) is 9.59 Å². The molecule has 98 valence electrons. The molecule has 0 aliphatic carbocycles. The van der Waals surface area contributed by atoms with Crippen LogP contribution in [0.1, 0.15) is 11.1 Å². The van der Waals surface area contributed by atoms with Crippen LogP contribution in [0.15, 0.2) is 70.6 Å². The van der Waals surface area contributed by atoms with E-state index in [1.54, 1.807) is 6.08 Å². The molecular formula is C16H12N2O2. The van der Waals surface area contributed by atoms with Gasteiger partial charge in [-0.2, -0.15) is 4.99 Å². The summed E-state index contributed by atoms with van der Waals surface area (Å²) >= 11 is 0. The third-order valence-corrected chi connectivity index (χ3v) is 3.11. The van der Waals surface area contributed by atoms with Crippen molar-refractivity contribution in [2.45, 2.75) is 5.54 Å². The van der Waals surface area contributed by atoms with Crippen LogP contribution in [0.4, 0.5) is 0 Å². The molecule has 0 N–H and O–H groups in total. The van der Waals surface area contributed by atoms with Crippen LogP contribution in [0.5, 0.6) is 0 Å². The molecule has 0 spiro atoms. The van der Waals surface area contributed by atoms with Gasteiger partial charge in [-0.3, -0.25) is 0 Å². The summed E-state index contributed by atoms with van der Waals surface area (Å²) in [7, 11) is 0. The Hall–Kier alpha value is -2.80. The molecule has 2 aromatic carbocycles. The van der Waals surface area contributed by atoms with Gasteiger partial charge < -0.3 is 0 Å². The predicted octanol–water partition coefficient (Wildman–Crippen LogP) is 2.60. The van der Waals surface area contributed by atoms with E-state index in [0.29, 0.717) is 0 Å². The number of benzene rings is 2. The van der Waals surface area contributed by atoms with Crippen LogP contribution in [0.2, 0.25) is 0 Å². The first-order valence-corrected chi connectivity index (χ1v) is 6.07. The predicted molar refractivity (Wildman–Crippen MR) is 74.8 cm³/mol. The summed E-state index contributed by atoms with van der Waals surface area (Å²) in [5.74, 6) is 0. The van der Waals surface area contributed by atoms with E-state index < -0.39 is 5.54 Å². The molecule has 0 radical (unpaired) electrons. The Morgan fingerprint density at radius 1 is 0.800 bits per heavy atom. The van der Waals surface area contributed by atoms with Crippen LogP contribution < -0.4 is 0 Å². The molecule has 0 unspecified atom stereocenters. The van der Waals surface area contributed by atoms with E-state index in [1.807, 2.05) is 60.7 Å². The van der Waals surface area contributed by atoms with Crippen LogP contribution in [0.25, 0.3) is 0 Å². The Balaban J connectivity index is 2.68. The molecule has 0 fully saturated rings. The summed E-state index contributed by atoms with van der Waals surface area (Å²) in [6.45, 7) is 0.0137. The van der Waals surface area contributed by atoms with Crippen molar-refractivity contribution in [1.29, 1.82) is 0 Å². The van der Waals surface area contributed by atoms with Crippen molar-refractivity contribution in [2.75, 3.05) is 6.54 Å². The smallest absolute Gasteiger partial charge is 0.211 e. The monoisotopic (exact) mass is 264 g/mol. The average Bonchev–Trinajstić information content (AvgIpc) is 2.53. The quantitative estimate of drug-likeness (QED) is 0.615. The van der Waals surface area contributed by atoms with Crippen LogP contribution in [0, 0.1) is 0 Å². The summed E-state index contributed by atoms with van der Waals surface area (Å²) in [6.07, 6.45) is 3.11. The van der Waals surface area contributed by atoms with Gasteiger partial charge in [0.25, 0.3) is 0 Å². The minimum absolute atomic E-state index is 0.0137. The second-order valence-electron chi connectivity index (χ2n) is 4.20. The highest BCUT2D eigenvalue weighted by Crippen LogP contribution is 2.33. The van der Waals surface area contributed by atoms with Crippen molar-refractivity contribution in [3.63, 3.8) is 0 Å². The van der Waals surface area contributed by atoms with Crippen LogP contribution in [0.3, 0.4) is 0 Å². The van der Waals surface area contributed by atoms with Gasteiger partial charge in [-0.15, -0.1) is 0 Å². The molecule has 20 heavy (non-hydrogen) atoms. The van der Waals surface area contributed by atoms with Crippen molar-refractivity contribution in [2.24, 2.45) is 9.98 Å². The molecule has 0 saturated heterocycles. The fourth-order valence-electron chi connectivity index (χ4n) is 2.17. The SMILES string of the molecule is O=C=NCC(N=C=O)(c1ccccc1)c1ccccc1. The molecule has 4 heteroatoms. The van der Waals surface area contributed by atoms with Crippen molar-refractivity contribution in [3.05, 3.63) is 71.8 Å². The van der Waals surface area contributed by atoms with Gasteiger partial charge in [-0.1, -0.05) is 60.7 Å². The molecule has 0 aromatic heterocycles. The molecule has 0 aliphatic heterocycles. The maximum Gasteiger partial charge on any atom is 0.236 e. The van der Waals surface area contributed by atoms with Gasteiger partial charge in [0.15, 0.2) is 0 Å². The largest absolute Gasteiger partial charge is 0.236 e. The third-order valence-electron chi connectivity index (χ3n) is 3.11. The topological polar surface area (TPSA) is 58.9 Å². The number of isocyanates is 2. The number of hydrogen-bond donors (Lipinski definition) is 0. The molecule has 4 nitrogen and oxygen atoms in total. The molecule has 0 aliphatic rings. The summed E-state index contributed by atoms with van der Waals surface area (Å²) in [5, 5.41) is 0. The van der Waals surface area contributed by atoms with E-state index in [4.69, 9.17) is 0 Å². The lowest BCUT2D eigenvalue weighted by Crippen LogP contribution is -2.29. The molecule has 2 rings (SSSR count). The molecular weight excluding hydrogens is 252 g/mol. The van der Waals surface area contributed by atoms with Gasteiger partial charge in [-0.05, 0) is 11.1 Å². The first-order chi connectivity index (χ1) is 9.83. The van der Waals surface area contributed by atoms with Gasteiger partial charge in [0.05, 0.1) is 6.54 Å². The van der Waals surface area contributed by atoms with Crippen LogP contribution in [-0.4, -0.2) is 18.7 Å². The number of nitrogens with zero attached hydrogens (tertiary/aromatic N) is 2. The minimum Gasteiger partial charge on any atom is -0.211 e. The highest BCUT2D eigenvalue weighted by Gasteiger charge is 2.34. The molecule has 0 amide bonds. The Morgan fingerprint density at radius 3 is 1.70 bits per heavy atom. The lowest BCUT2D eigenvalue weighted by atomic mass is 9.83. The second kappa shape index (κ2) is 6.39. The zero-order valence-corrected chi connectivity index (χ0v) is 10.7. The first kappa shape index (κ1) is 13.6. The number of hydrogen-bond acceptors (Lipinski definition) is 4. The zero-order valence-electron chi connectivity index (χ0n) is 10.7. The highest BCUT2D eigenvalue weighted by molar-refractivity contribution is 5.47. The Bertz CT molecular complexity index is 616. The van der Waals surface area contributed by atoms with Crippen molar-refractivity contribution < 1.29 is 9.59 Å². The van der Waals surface area contributed by atoms with Gasteiger partial charge in [0, 0.05) is 0 Å². The fourth-order valence-corrected chi connectivity index (χ4v) is 2.17. The molecule has 0 saturated carbocycles. The summed E-state index contributed by atoms with van der Waals surface area (Å²) < 4.78 is 0. The van der Waals surface area contributed by atoms with Gasteiger partial charge in [0.1, 0.15) is 5.54 Å². The van der Waals surface area contributed by atoms with Crippen LogP contribution >= 0.6 is 0 Å². The Labute approximate surface area is 116 Å². The lowest BCUT2D eigenvalue weighted by molar-refractivity contribution is 0.517. The standard InChI is InChI=1S/C16H12N2O2/c19-12-17-11-16(18-13-20,14-7-3-1-4-8-14)15-9-5-2-6-10-15/h1-10H,11H2. The summed E-state index contributed by atoms with van der Waals surface area (Å²) in [4.78, 5) is 29.0. The number of carbonyl (C=O) groups excluding carboxylic acids is 2. The minimum atomic E-state index is -1.04. The molecule has 2 aromatic rings. The van der Waals surface area contributed by atoms with Crippen LogP contribution in [-0.2, 0) is 15.1 Å². The van der Waals surface area contributed by atoms with E-state index >= 15 is 0 Å². The first-order valence-electron chi connectivity index (χ1n) is 6.07. The molecule has 0 heterocycles. The van der Waals surface area contributed by atoms with Crippen molar-refractivity contribution >= 4 is 12.2 Å². The fraction of sp³-hybridized carbons (Fsp3) is 0.125. The normalized spacial score (nSPS) is 10.2.